The van der Waals surface area contributed by atoms with Gasteiger partial charge in [-0.25, -0.2) is 4.79 Å². The van der Waals surface area contributed by atoms with E-state index in [0.717, 1.165) is 6.42 Å². The number of halogens is 2. The number of esters is 1. The summed E-state index contributed by atoms with van der Waals surface area (Å²) < 4.78 is 5.95. The van der Waals surface area contributed by atoms with E-state index in [4.69, 9.17) is 23.4 Å². The number of alkyl halides is 1. The minimum atomic E-state index is -0.877. The number of hydrazine groups is 1. The van der Waals surface area contributed by atoms with Crippen LogP contribution in [0, 0.1) is 0 Å². The Balaban J connectivity index is 2.25. The van der Waals surface area contributed by atoms with Crippen molar-refractivity contribution in [1.82, 2.24) is 9.54 Å². The number of hydrogen-bond donors (Lipinski definition) is 0. The fraction of sp³-hybridized carbons (Fsp3) is 0.833. The van der Waals surface area contributed by atoms with Crippen molar-refractivity contribution in [2.75, 3.05) is 13.7 Å². The SMILES string of the molecule is COC(=O)[C@]12C(Cl)CCN1N2Cl. The molecule has 2 aliphatic rings. The molecule has 2 rings (SSSR count). The Morgan fingerprint density at radius 1 is 1.75 bits per heavy atom. The standard InChI is InChI=1S/C6H8Cl2N2O2/c1-12-5(11)6-4(7)2-3-9(6)10(6)8/h4H,2-3H2,1H3/t4?,6-,9?,10?/m1/s1. The smallest absolute Gasteiger partial charge is 0.347 e. The van der Waals surface area contributed by atoms with Crippen LogP contribution < -0.4 is 0 Å². The minimum Gasteiger partial charge on any atom is -0.466 e. The Hall–Kier alpha value is -0.0300. The second-order valence-electron chi connectivity index (χ2n) is 2.86. The summed E-state index contributed by atoms with van der Waals surface area (Å²) in [6.07, 6.45) is 0.764. The molecule has 0 aliphatic carbocycles. The first kappa shape index (κ1) is 8.56. The number of fused-ring (bicyclic) bond motifs is 1. The lowest BCUT2D eigenvalue weighted by molar-refractivity contribution is -0.145. The molecule has 68 valence electrons. The first-order valence-electron chi connectivity index (χ1n) is 3.61. The fourth-order valence-corrected chi connectivity index (χ4v) is 2.55. The average Bonchev–Trinajstić information content (AvgIpc) is 2.48. The molecule has 12 heavy (non-hydrogen) atoms. The van der Waals surface area contributed by atoms with E-state index < -0.39 is 5.66 Å². The summed E-state index contributed by atoms with van der Waals surface area (Å²) in [6.45, 7) is 0.715. The summed E-state index contributed by atoms with van der Waals surface area (Å²) >= 11 is 11.7. The number of methoxy groups -OCH3 is 1. The maximum Gasteiger partial charge on any atom is 0.347 e. The highest BCUT2D eigenvalue weighted by atomic mass is 35.5. The normalized spacial score (nSPS) is 50.1. The van der Waals surface area contributed by atoms with Crippen LogP contribution in [0.1, 0.15) is 6.42 Å². The van der Waals surface area contributed by atoms with Gasteiger partial charge in [0, 0.05) is 6.54 Å². The maximum atomic E-state index is 11.3. The van der Waals surface area contributed by atoms with Gasteiger partial charge in [-0.2, -0.15) is 5.01 Å². The van der Waals surface area contributed by atoms with Crippen LogP contribution in [0.15, 0.2) is 0 Å². The van der Waals surface area contributed by atoms with E-state index in [2.05, 4.69) is 4.74 Å². The van der Waals surface area contributed by atoms with Crippen molar-refractivity contribution in [2.24, 2.45) is 0 Å². The molecule has 0 amide bonds. The Morgan fingerprint density at radius 2 is 2.42 bits per heavy atom. The zero-order valence-corrected chi connectivity index (χ0v) is 7.97. The summed E-state index contributed by atoms with van der Waals surface area (Å²) in [7, 11) is 1.33. The lowest BCUT2D eigenvalue weighted by atomic mass is 10.1. The molecule has 0 radical (unpaired) electrons. The van der Waals surface area contributed by atoms with Crippen LogP contribution in [0.3, 0.4) is 0 Å². The quantitative estimate of drug-likeness (QED) is 0.274. The van der Waals surface area contributed by atoms with Crippen LogP contribution in [0.2, 0.25) is 0 Å². The van der Waals surface area contributed by atoms with E-state index in [1.54, 1.807) is 5.01 Å². The summed E-state index contributed by atoms with van der Waals surface area (Å²) in [5, 5.41) is 1.43. The van der Waals surface area contributed by atoms with E-state index in [1.165, 1.54) is 11.6 Å². The number of carbonyl (C=O) groups excluding carboxylic acids is 1. The highest BCUT2D eigenvalue weighted by molar-refractivity contribution is 6.26. The number of nitrogens with zero attached hydrogens (tertiary/aromatic N) is 2. The Kier molecular flexibility index (Phi) is 1.77. The van der Waals surface area contributed by atoms with Crippen LogP contribution in [0.4, 0.5) is 0 Å². The Labute approximate surface area is 80.0 Å². The number of rotatable bonds is 1. The molecule has 0 spiro atoms. The highest BCUT2D eigenvalue weighted by Crippen LogP contribution is 2.52. The molecular formula is C6H8Cl2N2O2. The fourth-order valence-electron chi connectivity index (χ4n) is 1.68. The molecule has 6 heteroatoms. The largest absolute Gasteiger partial charge is 0.466 e. The van der Waals surface area contributed by atoms with Crippen molar-refractivity contribution in [3.05, 3.63) is 0 Å². The van der Waals surface area contributed by atoms with Crippen LogP contribution in [-0.2, 0) is 9.53 Å². The van der Waals surface area contributed by atoms with Gasteiger partial charge < -0.3 is 4.74 Å². The Bertz CT molecular complexity index is 234. The Morgan fingerprint density at radius 3 is 2.83 bits per heavy atom. The zero-order valence-electron chi connectivity index (χ0n) is 6.46. The number of hydrogen-bond acceptors (Lipinski definition) is 4. The zero-order chi connectivity index (χ0) is 8.93. The lowest BCUT2D eigenvalue weighted by Gasteiger charge is -2.11. The maximum absolute atomic E-state index is 11.3. The van der Waals surface area contributed by atoms with Crippen LogP contribution in [0.25, 0.3) is 0 Å². The third-order valence-electron chi connectivity index (χ3n) is 2.36. The van der Waals surface area contributed by atoms with Gasteiger partial charge in [0.05, 0.1) is 12.5 Å². The molecule has 2 aliphatic heterocycles. The number of carbonyl (C=O) groups is 1. The summed E-state index contributed by atoms with van der Waals surface area (Å²) in [6, 6.07) is 0. The summed E-state index contributed by atoms with van der Waals surface area (Å²) in [4.78, 5) is 11.3. The van der Waals surface area contributed by atoms with Crippen molar-refractivity contribution in [1.29, 1.82) is 0 Å². The van der Waals surface area contributed by atoms with E-state index in [-0.39, 0.29) is 11.3 Å². The predicted octanol–water partition coefficient (Wildman–Crippen LogP) is 0.553. The molecule has 0 bridgehead atoms. The van der Waals surface area contributed by atoms with Gasteiger partial charge in [0.2, 0.25) is 5.66 Å². The molecule has 4 nitrogen and oxygen atoms in total. The second kappa shape index (κ2) is 2.48. The monoisotopic (exact) mass is 210 g/mol. The molecule has 4 atom stereocenters. The van der Waals surface area contributed by atoms with Crippen LogP contribution >= 0.6 is 23.4 Å². The lowest BCUT2D eigenvalue weighted by Crippen LogP contribution is -2.36. The minimum absolute atomic E-state index is 0.276. The molecule has 0 aromatic carbocycles. The molecule has 2 heterocycles. The predicted molar refractivity (Wildman–Crippen MR) is 43.4 cm³/mol. The van der Waals surface area contributed by atoms with Gasteiger partial charge in [-0.3, -0.25) is 0 Å². The molecule has 2 fully saturated rings. The van der Waals surface area contributed by atoms with Crippen molar-refractivity contribution >= 4 is 29.3 Å². The first-order chi connectivity index (χ1) is 5.65. The van der Waals surface area contributed by atoms with E-state index in [9.17, 15) is 4.79 Å². The molecule has 0 saturated carbocycles. The van der Waals surface area contributed by atoms with Crippen molar-refractivity contribution < 1.29 is 9.53 Å². The van der Waals surface area contributed by atoms with Gasteiger partial charge in [0.1, 0.15) is 0 Å². The first-order valence-corrected chi connectivity index (χ1v) is 4.39. The van der Waals surface area contributed by atoms with E-state index >= 15 is 0 Å². The summed E-state index contributed by atoms with van der Waals surface area (Å²) in [5.74, 6) is -0.380. The molecule has 0 aromatic heterocycles. The van der Waals surface area contributed by atoms with Gasteiger partial charge in [-0.1, -0.05) is 0 Å². The third kappa shape index (κ3) is 0.738. The molecule has 0 N–H and O–H groups in total. The average molecular weight is 211 g/mol. The molecular weight excluding hydrogens is 203 g/mol. The van der Waals surface area contributed by atoms with E-state index in [0.29, 0.717) is 6.54 Å². The van der Waals surface area contributed by atoms with Gasteiger partial charge in [0.25, 0.3) is 0 Å². The third-order valence-corrected chi connectivity index (χ3v) is 3.33. The van der Waals surface area contributed by atoms with Crippen molar-refractivity contribution in [3.8, 4) is 0 Å². The van der Waals surface area contributed by atoms with Gasteiger partial charge in [-0.15, -0.1) is 16.1 Å². The molecule has 0 aromatic rings. The number of ether oxygens (including phenoxy) is 1. The topological polar surface area (TPSA) is 32.3 Å². The van der Waals surface area contributed by atoms with Crippen LogP contribution in [0.5, 0.6) is 0 Å². The highest BCUT2D eigenvalue weighted by Gasteiger charge is 2.75. The van der Waals surface area contributed by atoms with E-state index in [1.807, 2.05) is 0 Å². The van der Waals surface area contributed by atoms with Crippen molar-refractivity contribution in [3.63, 3.8) is 0 Å². The van der Waals surface area contributed by atoms with Gasteiger partial charge in [0.15, 0.2) is 0 Å². The second-order valence-corrected chi connectivity index (χ2v) is 3.70. The molecule has 3 unspecified atom stereocenters. The van der Waals surface area contributed by atoms with Gasteiger partial charge in [-0.05, 0) is 18.2 Å². The van der Waals surface area contributed by atoms with Crippen molar-refractivity contribution in [2.45, 2.75) is 17.5 Å². The van der Waals surface area contributed by atoms with Gasteiger partial charge >= 0.3 is 5.97 Å². The molecule has 2 saturated heterocycles. The van der Waals surface area contributed by atoms with Crippen LogP contribution in [-0.4, -0.2) is 40.2 Å². The summed E-state index contributed by atoms with van der Waals surface area (Å²) in [5.41, 5.74) is -0.877.